The van der Waals surface area contributed by atoms with Crippen molar-refractivity contribution in [1.82, 2.24) is 14.9 Å². The molecule has 0 aromatic carbocycles. The Morgan fingerprint density at radius 3 is 2.71 bits per heavy atom. The Labute approximate surface area is 162 Å². The minimum absolute atomic E-state index is 0.0589. The van der Waals surface area contributed by atoms with Gasteiger partial charge < -0.3 is 14.8 Å². The summed E-state index contributed by atoms with van der Waals surface area (Å²) in [6.07, 6.45) is 6.77. The lowest BCUT2D eigenvalue weighted by Crippen LogP contribution is -2.55. The van der Waals surface area contributed by atoms with Crippen molar-refractivity contribution in [3.8, 4) is 6.07 Å². The molecule has 2 aliphatic heterocycles. The van der Waals surface area contributed by atoms with Crippen molar-refractivity contribution < 1.29 is 9.59 Å². The second-order valence-electron chi connectivity index (χ2n) is 7.91. The number of fused-ring (bicyclic) bond motifs is 3. The van der Waals surface area contributed by atoms with Gasteiger partial charge in [-0.05, 0) is 31.7 Å². The number of H-pyrrole nitrogens is 1. The summed E-state index contributed by atoms with van der Waals surface area (Å²) in [7, 11) is 0. The number of nitrogens with one attached hydrogen (secondary N) is 1. The molecule has 3 fully saturated rings. The molecular weight excluding hydrogens is 356 g/mol. The molecule has 144 valence electrons. The molecule has 2 saturated heterocycles. The van der Waals surface area contributed by atoms with Gasteiger partial charge in [0.25, 0.3) is 0 Å². The fraction of sp³-hybridized carbons (Fsp3) is 0.500. The Bertz CT molecular complexity index is 961. The summed E-state index contributed by atoms with van der Waals surface area (Å²) in [5.74, 6) is 0.604. The van der Waals surface area contributed by atoms with Crippen LogP contribution in [0.5, 0.6) is 0 Å². The largest absolute Gasteiger partial charge is 0.361 e. The lowest BCUT2D eigenvalue weighted by Gasteiger charge is -2.42. The predicted octanol–water partition coefficient (Wildman–Crippen LogP) is 1.78. The van der Waals surface area contributed by atoms with Gasteiger partial charge >= 0.3 is 0 Å². The SMILES string of the molecule is N#CCC(=O)N1CC2CCC(C1)N2c1cc(N(C=O)C2CC2)nc2[nH]ccc12. The molecule has 2 amide bonds. The van der Waals surface area contributed by atoms with E-state index >= 15 is 0 Å². The highest BCUT2D eigenvalue weighted by Crippen LogP contribution is 2.41. The van der Waals surface area contributed by atoms with Gasteiger partial charge in [-0.1, -0.05) is 0 Å². The van der Waals surface area contributed by atoms with Crippen LogP contribution in [0.1, 0.15) is 32.1 Å². The summed E-state index contributed by atoms with van der Waals surface area (Å²) in [5, 5.41) is 9.88. The smallest absolute Gasteiger partial charge is 0.236 e. The second kappa shape index (κ2) is 6.51. The zero-order valence-electron chi connectivity index (χ0n) is 15.5. The quantitative estimate of drug-likeness (QED) is 0.800. The highest BCUT2D eigenvalue weighted by Gasteiger charge is 2.42. The number of hydrogen-bond donors (Lipinski definition) is 1. The molecule has 8 heteroatoms. The van der Waals surface area contributed by atoms with E-state index in [9.17, 15) is 9.59 Å². The van der Waals surface area contributed by atoms with Crippen molar-refractivity contribution >= 4 is 34.9 Å². The van der Waals surface area contributed by atoms with Crippen LogP contribution in [0.3, 0.4) is 0 Å². The van der Waals surface area contributed by atoms with Crippen LogP contribution >= 0.6 is 0 Å². The maximum Gasteiger partial charge on any atom is 0.236 e. The molecule has 2 bridgehead atoms. The van der Waals surface area contributed by atoms with Crippen LogP contribution in [0.4, 0.5) is 11.5 Å². The number of nitrogens with zero attached hydrogens (tertiary/aromatic N) is 5. The number of pyridine rings is 1. The number of amides is 2. The lowest BCUT2D eigenvalue weighted by molar-refractivity contribution is -0.131. The van der Waals surface area contributed by atoms with Crippen molar-refractivity contribution in [2.24, 2.45) is 0 Å². The molecule has 1 N–H and O–H groups in total. The number of piperazine rings is 1. The number of anilines is 2. The fourth-order valence-electron chi connectivity index (χ4n) is 4.71. The van der Waals surface area contributed by atoms with E-state index in [0.29, 0.717) is 18.9 Å². The molecule has 5 rings (SSSR count). The summed E-state index contributed by atoms with van der Waals surface area (Å²) >= 11 is 0. The van der Waals surface area contributed by atoms with Crippen LogP contribution in [0.25, 0.3) is 11.0 Å². The normalized spacial score (nSPS) is 23.7. The third kappa shape index (κ3) is 2.70. The van der Waals surface area contributed by atoms with Crippen LogP contribution in [0, 0.1) is 11.3 Å². The first-order valence-corrected chi connectivity index (χ1v) is 9.84. The van der Waals surface area contributed by atoms with Gasteiger partial charge in [0, 0.05) is 48.9 Å². The van der Waals surface area contributed by atoms with E-state index in [1.165, 1.54) is 0 Å². The average Bonchev–Trinajstić information content (AvgIpc) is 3.35. The van der Waals surface area contributed by atoms with Crippen LogP contribution < -0.4 is 9.80 Å². The number of hydrogen-bond acceptors (Lipinski definition) is 5. The van der Waals surface area contributed by atoms with Crippen LogP contribution in [0.2, 0.25) is 0 Å². The molecule has 0 radical (unpaired) electrons. The van der Waals surface area contributed by atoms with Gasteiger partial charge in [0.2, 0.25) is 12.3 Å². The average molecular weight is 378 g/mol. The Kier molecular flexibility index (Phi) is 3.97. The molecule has 1 saturated carbocycles. The minimum atomic E-state index is -0.0814. The fourth-order valence-corrected chi connectivity index (χ4v) is 4.71. The summed E-state index contributed by atoms with van der Waals surface area (Å²) in [4.78, 5) is 37.7. The van der Waals surface area contributed by atoms with Gasteiger partial charge in [0.1, 0.15) is 17.9 Å². The van der Waals surface area contributed by atoms with Crippen LogP contribution in [-0.2, 0) is 9.59 Å². The van der Waals surface area contributed by atoms with E-state index in [4.69, 9.17) is 5.26 Å². The number of aromatic amines is 1. The molecule has 3 aliphatic rings. The minimum Gasteiger partial charge on any atom is -0.361 e. The molecule has 28 heavy (non-hydrogen) atoms. The number of rotatable bonds is 5. The molecule has 0 spiro atoms. The number of carbonyl (C=O) groups excluding carboxylic acids is 2. The van der Waals surface area contributed by atoms with E-state index in [2.05, 4.69) is 14.9 Å². The molecule has 2 unspecified atom stereocenters. The molecule has 1 aliphatic carbocycles. The Balaban J connectivity index is 1.51. The van der Waals surface area contributed by atoms with Crippen LogP contribution in [0.15, 0.2) is 18.3 Å². The third-order valence-electron chi connectivity index (χ3n) is 6.15. The number of aromatic nitrogens is 2. The van der Waals surface area contributed by atoms with E-state index in [1.807, 2.05) is 29.3 Å². The third-order valence-corrected chi connectivity index (χ3v) is 6.15. The first-order valence-electron chi connectivity index (χ1n) is 9.84. The zero-order chi connectivity index (χ0) is 19.3. The van der Waals surface area contributed by atoms with Gasteiger partial charge in [-0.25, -0.2) is 4.98 Å². The maximum absolute atomic E-state index is 12.2. The molecular formula is C20H22N6O2. The molecule has 2 aromatic heterocycles. The zero-order valence-corrected chi connectivity index (χ0v) is 15.5. The summed E-state index contributed by atoms with van der Waals surface area (Å²) in [6.45, 7) is 1.28. The van der Waals surface area contributed by atoms with E-state index < -0.39 is 0 Å². The summed E-state index contributed by atoms with van der Waals surface area (Å²) in [6, 6.07) is 6.72. The van der Waals surface area contributed by atoms with E-state index in [0.717, 1.165) is 48.8 Å². The number of likely N-dealkylation sites (tertiary alicyclic amines) is 1. The van der Waals surface area contributed by atoms with Gasteiger partial charge in [0.15, 0.2) is 0 Å². The van der Waals surface area contributed by atoms with Crippen molar-refractivity contribution in [3.63, 3.8) is 0 Å². The topological polar surface area (TPSA) is 96.3 Å². The van der Waals surface area contributed by atoms with Crippen molar-refractivity contribution in [2.75, 3.05) is 22.9 Å². The molecule has 2 atom stereocenters. The Hall–Kier alpha value is -3.08. The lowest BCUT2D eigenvalue weighted by atomic mass is 10.1. The molecule has 8 nitrogen and oxygen atoms in total. The van der Waals surface area contributed by atoms with Crippen molar-refractivity contribution in [3.05, 3.63) is 18.3 Å². The highest BCUT2D eigenvalue weighted by molar-refractivity contribution is 5.94. The number of nitriles is 1. The van der Waals surface area contributed by atoms with Gasteiger partial charge in [0.05, 0.1) is 11.8 Å². The van der Waals surface area contributed by atoms with Crippen molar-refractivity contribution in [1.29, 1.82) is 5.26 Å². The van der Waals surface area contributed by atoms with Gasteiger partial charge in [-0.2, -0.15) is 5.26 Å². The molecule has 4 heterocycles. The monoisotopic (exact) mass is 378 g/mol. The first-order chi connectivity index (χ1) is 13.7. The second-order valence-corrected chi connectivity index (χ2v) is 7.91. The summed E-state index contributed by atoms with van der Waals surface area (Å²) < 4.78 is 0. The molecule has 2 aromatic rings. The van der Waals surface area contributed by atoms with E-state index in [-0.39, 0.29) is 30.5 Å². The standard InChI is InChI=1S/C20H22N6O2/c21-7-5-19(28)24-10-14-3-4-15(11-24)26(14)17-9-18(25(12-27)13-1-2-13)23-20-16(17)6-8-22-20/h6,8-9,12-15H,1-5,10-11H2,(H,22,23). The van der Waals surface area contributed by atoms with Crippen molar-refractivity contribution in [2.45, 2.75) is 50.2 Å². The Morgan fingerprint density at radius 2 is 2.07 bits per heavy atom. The van der Waals surface area contributed by atoms with Gasteiger partial charge in [-0.15, -0.1) is 0 Å². The first kappa shape index (κ1) is 17.0. The highest BCUT2D eigenvalue weighted by atomic mass is 16.2. The van der Waals surface area contributed by atoms with Gasteiger partial charge in [-0.3, -0.25) is 14.5 Å². The van der Waals surface area contributed by atoms with E-state index in [1.54, 1.807) is 4.90 Å². The van der Waals surface area contributed by atoms with Crippen LogP contribution in [-0.4, -0.2) is 58.4 Å². The predicted molar refractivity (Wildman–Crippen MR) is 104 cm³/mol. The number of carbonyl (C=O) groups is 2. The summed E-state index contributed by atoms with van der Waals surface area (Å²) in [5.41, 5.74) is 1.86. The Morgan fingerprint density at radius 1 is 1.32 bits per heavy atom. The maximum atomic E-state index is 12.2.